The largest absolute Gasteiger partial charge is 0.377 e. The molecule has 92 valence electrons. The second-order valence-corrected chi connectivity index (χ2v) is 4.53. The number of hydrogen-bond donors (Lipinski definition) is 1. The van der Waals surface area contributed by atoms with Gasteiger partial charge in [0, 0.05) is 31.7 Å². The maximum atomic E-state index is 5.46. The van der Waals surface area contributed by atoms with Gasteiger partial charge in [0.25, 0.3) is 0 Å². The van der Waals surface area contributed by atoms with Crippen LogP contribution in [0.1, 0.15) is 13.8 Å². The summed E-state index contributed by atoms with van der Waals surface area (Å²) in [4.78, 5) is 8.63. The summed E-state index contributed by atoms with van der Waals surface area (Å²) in [6.07, 6.45) is 5.66. The van der Waals surface area contributed by atoms with Gasteiger partial charge in [0.2, 0.25) is 0 Å². The van der Waals surface area contributed by atoms with Crippen LogP contribution in [0.2, 0.25) is 0 Å². The Labute approximate surface area is 108 Å². The predicted octanol–water partition coefficient (Wildman–Crippen LogP) is 2.33. The number of imidazole rings is 1. The number of hydrogen-bond acceptors (Lipinski definition) is 4. The second kappa shape index (κ2) is 5.46. The van der Waals surface area contributed by atoms with Gasteiger partial charge in [-0.05, 0) is 29.8 Å². The van der Waals surface area contributed by atoms with Gasteiger partial charge in [-0.15, -0.1) is 0 Å². The van der Waals surface area contributed by atoms with Crippen molar-refractivity contribution in [2.24, 2.45) is 0 Å². The van der Waals surface area contributed by atoms with Crippen LogP contribution in [0.3, 0.4) is 0 Å². The minimum atomic E-state index is 0.149. The van der Waals surface area contributed by atoms with Crippen molar-refractivity contribution >= 4 is 27.4 Å². The van der Waals surface area contributed by atoms with Crippen molar-refractivity contribution in [1.82, 2.24) is 14.4 Å². The molecule has 0 aliphatic carbocycles. The molecular weight excluding hydrogens is 284 g/mol. The van der Waals surface area contributed by atoms with Crippen LogP contribution in [0, 0.1) is 0 Å². The minimum absolute atomic E-state index is 0.149. The van der Waals surface area contributed by atoms with E-state index in [1.54, 1.807) is 6.20 Å². The van der Waals surface area contributed by atoms with Crippen LogP contribution in [-0.2, 0) is 4.74 Å². The molecule has 0 fully saturated rings. The van der Waals surface area contributed by atoms with Crippen molar-refractivity contribution in [2.75, 3.05) is 18.5 Å². The van der Waals surface area contributed by atoms with Gasteiger partial charge in [-0.25, -0.2) is 9.97 Å². The highest BCUT2D eigenvalue weighted by Gasteiger charge is 2.07. The molecule has 0 saturated heterocycles. The van der Waals surface area contributed by atoms with Crippen LogP contribution in [0.5, 0.6) is 0 Å². The van der Waals surface area contributed by atoms with E-state index in [-0.39, 0.29) is 6.10 Å². The van der Waals surface area contributed by atoms with Crippen molar-refractivity contribution in [3.63, 3.8) is 0 Å². The standard InChI is InChI=1S/C11H15BrN4O/c1-3-17-8(2)6-14-10-11-13-4-5-16(11)7-9(12)15-10/h4-5,7-8H,3,6H2,1-2H3,(H,14,15). The average molecular weight is 299 g/mol. The monoisotopic (exact) mass is 298 g/mol. The number of anilines is 1. The van der Waals surface area contributed by atoms with E-state index >= 15 is 0 Å². The third-order valence-electron chi connectivity index (χ3n) is 2.35. The topological polar surface area (TPSA) is 51.5 Å². The van der Waals surface area contributed by atoms with Crippen molar-refractivity contribution in [1.29, 1.82) is 0 Å². The molecule has 17 heavy (non-hydrogen) atoms. The van der Waals surface area contributed by atoms with E-state index in [4.69, 9.17) is 4.74 Å². The van der Waals surface area contributed by atoms with Gasteiger partial charge in [0.15, 0.2) is 11.5 Å². The number of nitrogens with one attached hydrogen (secondary N) is 1. The molecule has 0 aliphatic rings. The lowest BCUT2D eigenvalue weighted by molar-refractivity contribution is 0.0855. The summed E-state index contributed by atoms with van der Waals surface area (Å²) in [6.45, 7) is 5.44. The number of rotatable bonds is 5. The number of ether oxygens (including phenoxy) is 1. The molecule has 0 bridgehead atoms. The van der Waals surface area contributed by atoms with Crippen molar-refractivity contribution in [2.45, 2.75) is 20.0 Å². The van der Waals surface area contributed by atoms with E-state index in [0.717, 1.165) is 16.1 Å². The van der Waals surface area contributed by atoms with Crippen LogP contribution in [0.4, 0.5) is 5.82 Å². The molecule has 0 aromatic carbocycles. The van der Waals surface area contributed by atoms with Crippen LogP contribution >= 0.6 is 15.9 Å². The van der Waals surface area contributed by atoms with Crippen molar-refractivity contribution in [3.05, 3.63) is 23.2 Å². The Morgan fingerprint density at radius 2 is 2.41 bits per heavy atom. The molecule has 0 spiro atoms. The van der Waals surface area contributed by atoms with Gasteiger partial charge in [-0.3, -0.25) is 0 Å². The lowest BCUT2D eigenvalue weighted by Gasteiger charge is -2.13. The first kappa shape index (κ1) is 12.3. The minimum Gasteiger partial charge on any atom is -0.377 e. The lowest BCUT2D eigenvalue weighted by Crippen LogP contribution is -2.20. The molecule has 2 rings (SSSR count). The first-order valence-electron chi connectivity index (χ1n) is 5.55. The van der Waals surface area contributed by atoms with E-state index in [1.807, 2.05) is 30.6 Å². The van der Waals surface area contributed by atoms with Crippen molar-refractivity contribution in [3.8, 4) is 0 Å². The number of fused-ring (bicyclic) bond motifs is 1. The van der Waals surface area contributed by atoms with E-state index in [1.165, 1.54) is 0 Å². The molecule has 1 atom stereocenters. The quantitative estimate of drug-likeness (QED) is 0.920. The fraction of sp³-hybridized carbons (Fsp3) is 0.455. The highest BCUT2D eigenvalue weighted by Crippen LogP contribution is 2.16. The Bertz CT molecular complexity index is 499. The molecule has 2 heterocycles. The molecule has 0 saturated carbocycles. The Balaban J connectivity index is 2.14. The van der Waals surface area contributed by atoms with Gasteiger partial charge in [0.1, 0.15) is 4.60 Å². The first-order chi connectivity index (χ1) is 8.20. The van der Waals surface area contributed by atoms with Gasteiger partial charge in [0.05, 0.1) is 6.10 Å². The first-order valence-corrected chi connectivity index (χ1v) is 6.34. The summed E-state index contributed by atoms with van der Waals surface area (Å²) in [5.74, 6) is 0.760. The molecule has 1 unspecified atom stereocenters. The number of halogens is 1. The normalized spacial score (nSPS) is 12.9. The Morgan fingerprint density at radius 1 is 1.59 bits per heavy atom. The molecule has 2 aromatic heterocycles. The smallest absolute Gasteiger partial charge is 0.180 e. The summed E-state index contributed by atoms with van der Waals surface area (Å²) < 4.78 is 8.15. The summed E-state index contributed by atoms with van der Waals surface area (Å²) in [6, 6.07) is 0. The molecule has 5 nitrogen and oxygen atoms in total. The third kappa shape index (κ3) is 2.95. The molecule has 0 aliphatic heterocycles. The fourth-order valence-electron chi connectivity index (χ4n) is 1.60. The second-order valence-electron chi connectivity index (χ2n) is 3.72. The molecule has 2 aromatic rings. The molecule has 6 heteroatoms. The Morgan fingerprint density at radius 3 is 3.18 bits per heavy atom. The third-order valence-corrected chi connectivity index (χ3v) is 2.73. The van der Waals surface area contributed by atoms with E-state index in [9.17, 15) is 0 Å². The van der Waals surface area contributed by atoms with Gasteiger partial charge in [-0.1, -0.05) is 0 Å². The van der Waals surface area contributed by atoms with E-state index in [2.05, 4.69) is 31.2 Å². The van der Waals surface area contributed by atoms with Crippen molar-refractivity contribution < 1.29 is 4.74 Å². The molecule has 1 N–H and O–H groups in total. The molecule has 0 amide bonds. The maximum Gasteiger partial charge on any atom is 0.180 e. The zero-order valence-electron chi connectivity index (χ0n) is 9.85. The maximum absolute atomic E-state index is 5.46. The summed E-state index contributed by atoms with van der Waals surface area (Å²) >= 11 is 3.37. The molecular formula is C11H15BrN4O. The van der Waals surface area contributed by atoms with Crippen LogP contribution in [0.15, 0.2) is 23.2 Å². The average Bonchev–Trinajstić information content (AvgIpc) is 2.74. The van der Waals surface area contributed by atoms with Crippen LogP contribution in [-0.4, -0.2) is 33.6 Å². The number of aromatic nitrogens is 3. The summed E-state index contributed by atoms with van der Waals surface area (Å²) in [5.41, 5.74) is 0.817. The molecule has 0 radical (unpaired) electrons. The predicted molar refractivity (Wildman–Crippen MR) is 70.3 cm³/mol. The zero-order valence-corrected chi connectivity index (χ0v) is 11.4. The highest BCUT2D eigenvalue weighted by molar-refractivity contribution is 9.10. The van der Waals surface area contributed by atoms with E-state index in [0.29, 0.717) is 13.2 Å². The lowest BCUT2D eigenvalue weighted by atomic mass is 10.4. The Hall–Kier alpha value is -1.14. The summed E-state index contributed by atoms with van der Waals surface area (Å²) in [5, 5.41) is 3.25. The zero-order chi connectivity index (χ0) is 12.3. The van der Waals surface area contributed by atoms with Crippen LogP contribution < -0.4 is 5.32 Å². The van der Waals surface area contributed by atoms with Crippen LogP contribution in [0.25, 0.3) is 5.65 Å². The summed E-state index contributed by atoms with van der Waals surface area (Å²) in [7, 11) is 0. The SMILES string of the molecule is CCOC(C)CNc1nc(Br)cn2ccnc12. The fourth-order valence-corrected chi connectivity index (χ4v) is 2.00. The Kier molecular flexibility index (Phi) is 3.96. The van der Waals surface area contributed by atoms with Gasteiger partial charge in [-0.2, -0.15) is 0 Å². The van der Waals surface area contributed by atoms with E-state index < -0.39 is 0 Å². The highest BCUT2D eigenvalue weighted by atomic mass is 79.9. The number of nitrogens with zero attached hydrogens (tertiary/aromatic N) is 3. The van der Waals surface area contributed by atoms with Gasteiger partial charge < -0.3 is 14.5 Å². The van der Waals surface area contributed by atoms with Gasteiger partial charge >= 0.3 is 0 Å².